The van der Waals surface area contributed by atoms with Gasteiger partial charge >= 0.3 is 34.9 Å². The fourth-order valence-electron chi connectivity index (χ4n) is 1.72. The van der Waals surface area contributed by atoms with E-state index < -0.39 is 21.1 Å². The third-order valence-corrected chi connectivity index (χ3v) is 2.74. The fraction of sp³-hybridized carbons (Fsp3) is 0.182. The van der Waals surface area contributed by atoms with Crippen LogP contribution in [0.2, 0.25) is 0 Å². The van der Waals surface area contributed by atoms with E-state index >= 15 is 0 Å². The minimum atomic E-state index is -0.907. The van der Waals surface area contributed by atoms with Gasteiger partial charge in [-0.15, -0.1) is 0 Å². The second-order valence-corrected chi connectivity index (χ2v) is 3.75. The van der Waals surface area contributed by atoms with Crippen molar-refractivity contribution >= 4 is 10.8 Å². The molecule has 82 valence electrons. The molecule has 0 aliphatic heterocycles. The topological polar surface area (TPSA) is 83.3 Å². The zero-order valence-electron chi connectivity index (χ0n) is 9.73. The molecule has 0 radical (unpaired) electrons. The number of fused-ring (bicyclic) bond motifs is 1. The second kappa shape index (κ2) is 4.60. The SMILES string of the molecule is Cc1cc2c(=O)c(=[N+]([O-])[O-])c(=O)c2cc1C.[Na+]. The Morgan fingerprint density at radius 2 is 1.29 bits per heavy atom. The summed E-state index contributed by atoms with van der Waals surface area (Å²) in [6.45, 7) is 3.58. The van der Waals surface area contributed by atoms with Crippen molar-refractivity contribution in [1.82, 2.24) is 4.90 Å². The van der Waals surface area contributed by atoms with Crippen LogP contribution in [-0.2, 0) is 0 Å². The van der Waals surface area contributed by atoms with Gasteiger partial charge in [0.25, 0.3) is 10.9 Å². The molecule has 0 atom stereocenters. The zero-order valence-corrected chi connectivity index (χ0v) is 11.7. The maximum atomic E-state index is 11.6. The summed E-state index contributed by atoms with van der Waals surface area (Å²) in [4.78, 5) is 22.3. The van der Waals surface area contributed by atoms with Crippen LogP contribution in [0.5, 0.6) is 0 Å². The Balaban J connectivity index is 0.00000144. The quantitative estimate of drug-likeness (QED) is 0.360. The van der Waals surface area contributed by atoms with Crippen LogP contribution in [0, 0.1) is 24.3 Å². The molecule has 0 fully saturated rings. The van der Waals surface area contributed by atoms with Gasteiger partial charge < -0.3 is 10.4 Å². The summed E-state index contributed by atoms with van der Waals surface area (Å²) in [5.74, 6) is 0. The number of rotatable bonds is 0. The summed E-state index contributed by atoms with van der Waals surface area (Å²) in [6, 6.07) is 3.06. The minimum Gasteiger partial charge on any atom is -0.612 e. The molecule has 0 bridgehead atoms. The molecule has 17 heavy (non-hydrogen) atoms. The number of aryl methyl sites for hydroxylation is 2. The largest absolute Gasteiger partial charge is 1.00 e. The van der Waals surface area contributed by atoms with E-state index in [1.807, 2.05) is 0 Å². The van der Waals surface area contributed by atoms with Crippen LogP contribution >= 0.6 is 0 Å². The molecule has 0 aromatic heterocycles. The van der Waals surface area contributed by atoms with Crippen molar-refractivity contribution in [3.05, 3.63) is 59.5 Å². The first kappa shape index (κ1) is 13.9. The molecule has 0 spiro atoms. The Morgan fingerprint density at radius 3 is 1.59 bits per heavy atom. The van der Waals surface area contributed by atoms with E-state index in [-0.39, 0.29) is 40.3 Å². The van der Waals surface area contributed by atoms with Gasteiger partial charge in [0.1, 0.15) is 0 Å². The van der Waals surface area contributed by atoms with Gasteiger partial charge in [-0.3, -0.25) is 9.59 Å². The molecule has 0 saturated heterocycles. The first-order valence-corrected chi connectivity index (χ1v) is 4.65. The van der Waals surface area contributed by atoms with E-state index in [1.165, 1.54) is 12.1 Å². The molecule has 0 unspecified atom stereocenters. The van der Waals surface area contributed by atoms with Crippen LogP contribution in [-0.4, -0.2) is 0 Å². The molecule has 0 heterocycles. The Hall–Kier alpha value is -1.17. The van der Waals surface area contributed by atoms with Crippen LogP contribution < -0.4 is 50.7 Å². The molecule has 0 amide bonds. The predicted octanol–water partition coefficient (Wildman–Crippen LogP) is -3.18. The van der Waals surface area contributed by atoms with Gasteiger partial charge in [0.15, 0.2) is 0 Å². The van der Waals surface area contributed by atoms with Gasteiger partial charge in [-0.2, -0.15) is 4.90 Å². The second-order valence-electron chi connectivity index (χ2n) is 3.75. The van der Waals surface area contributed by atoms with E-state index in [1.54, 1.807) is 13.8 Å². The van der Waals surface area contributed by atoms with E-state index in [0.717, 1.165) is 11.1 Å². The van der Waals surface area contributed by atoms with Crippen LogP contribution in [0.4, 0.5) is 0 Å². The van der Waals surface area contributed by atoms with Crippen molar-refractivity contribution in [1.29, 1.82) is 0 Å². The van der Waals surface area contributed by atoms with E-state index in [4.69, 9.17) is 0 Å². The van der Waals surface area contributed by atoms with Crippen molar-refractivity contribution in [3.63, 3.8) is 0 Å². The Bertz CT molecular complexity index is 681. The van der Waals surface area contributed by atoms with Crippen molar-refractivity contribution in [3.8, 4) is 0 Å². The maximum Gasteiger partial charge on any atom is 1.00 e. The summed E-state index contributed by atoms with van der Waals surface area (Å²) in [5, 5.41) is 20.6. The minimum absolute atomic E-state index is 0. The van der Waals surface area contributed by atoms with Crippen molar-refractivity contribution < 1.29 is 29.6 Å². The average Bonchev–Trinajstić information content (AvgIpc) is 2.41. The summed E-state index contributed by atoms with van der Waals surface area (Å²) < 4.78 is 0. The molecular formula is C11H8NNaO4. The summed E-state index contributed by atoms with van der Waals surface area (Å²) in [6.07, 6.45) is 0. The molecular weight excluding hydrogens is 233 g/mol. The standard InChI is InChI=1S/C11H8NO4.Na/c1-5-3-7-8(4-6(5)2)11(14)9(10(7)13)12(15)16;/h3-4H,1-2H3;/q-1;+1. The van der Waals surface area contributed by atoms with E-state index in [9.17, 15) is 20.0 Å². The molecule has 6 heteroatoms. The van der Waals surface area contributed by atoms with Gasteiger partial charge in [0.05, 0.1) is 0 Å². The summed E-state index contributed by atoms with van der Waals surface area (Å²) >= 11 is 0. The summed E-state index contributed by atoms with van der Waals surface area (Å²) in [7, 11) is 0. The van der Waals surface area contributed by atoms with Gasteiger partial charge in [0, 0.05) is 10.8 Å². The van der Waals surface area contributed by atoms with Gasteiger partial charge in [0.2, 0.25) is 0 Å². The van der Waals surface area contributed by atoms with Gasteiger partial charge in [-0.1, -0.05) is 0 Å². The van der Waals surface area contributed by atoms with Crippen LogP contribution in [0.25, 0.3) is 10.8 Å². The number of nitrogens with zero attached hydrogens (tertiary/aromatic N) is 1. The average molecular weight is 241 g/mol. The summed E-state index contributed by atoms with van der Waals surface area (Å²) in [5.41, 5.74) is 0.107. The molecule has 0 aliphatic rings. The molecule has 2 rings (SSSR count). The molecule has 0 saturated carbocycles. The first-order valence-electron chi connectivity index (χ1n) is 4.65. The fourth-order valence-corrected chi connectivity index (χ4v) is 1.72. The van der Waals surface area contributed by atoms with Crippen LogP contribution in [0.15, 0.2) is 21.7 Å². The van der Waals surface area contributed by atoms with Crippen molar-refractivity contribution in [2.45, 2.75) is 13.8 Å². The molecule has 0 aliphatic carbocycles. The Morgan fingerprint density at radius 1 is 0.941 bits per heavy atom. The molecule has 5 nitrogen and oxygen atoms in total. The van der Waals surface area contributed by atoms with Crippen LogP contribution in [0.3, 0.4) is 0 Å². The van der Waals surface area contributed by atoms with E-state index in [2.05, 4.69) is 0 Å². The number of benzene rings is 1. The number of hydrogen-bond donors (Lipinski definition) is 0. The predicted molar refractivity (Wildman–Crippen MR) is 60.3 cm³/mol. The van der Waals surface area contributed by atoms with Gasteiger partial charge in [-0.25, -0.2) is 0 Å². The van der Waals surface area contributed by atoms with E-state index in [0.29, 0.717) is 0 Å². The Kier molecular flexibility index (Phi) is 3.76. The van der Waals surface area contributed by atoms with Crippen molar-refractivity contribution in [2.24, 2.45) is 0 Å². The molecule has 2 aromatic carbocycles. The van der Waals surface area contributed by atoms with Crippen LogP contribution in [0.1, 0.15) is 11.1 Å². The number of hydrogen-bond acceptors (Lipinski definition) is 4. The first-order chi connectivity index (χ1) is 7.43. The Labute approximate surface area is 118 Å². The normalized spacial score (nSPS) is 10.2. The maximum absolute atomic E-state index is 11.6. The smallest absolute Gasteiger partial charge is 0.612 e. The van der Waals surface area contributed by atoms with Gasteiger partial charge in [-0.05, 0) is 37.1 Å². The third kappa shape index (κ3) is 2.01. The van der Waals surface area contributed by atoms with Crippen molar-refractivity contribution in [2.75, 3.05) is 0 Å². The molecule has 0 N–H and O–H groups in total. The molecule has 2 aromatic rings. The monoisotopic (exact) mass is 241 g/mol. The zero-order chi connectivity index (χ0) is 12.0. The third-order valence-electron chi connectivity index (χ3n) is 2.74.